The Morgan fingerprint density at radius 2 is 1.71 bits per heavy atom. The molecule has 0 unspecified atom stereocenters. The molecule has 0 radical (unpaired) electrons. The van der Waals surface area contributed by atoms with Gasteiger partial charge >= 0.3 is 0 Å². The Labute approximate surface area is 182 Å². The van der Waals surface area contributed by atoms with Crippen LogP contribution in [0.25, 0.3) is 0 Å². The van der Waals surface area contributed by atoms with Crippen molar-refractivity contribution in [1.82, 2.24) is 10.3 Å². The van der Waals surface area contributed by atoms with Gasteiger partial charge in [-0.1, -0.05) is 18.2 Å². The third kappa shape index (κ3) is 5.21. The summed E-state index contributed by atoms with van der Waals surface area (Å²) in [6, 6.07) is 19.3. The summed E-state index contributed by atoms with van der Waals surface area (Å²) in [5.74, 6) is 0.178. The molecule has 1 amide bonds. The average molecular weight is 437 g/mol. The molecule has 0 saturated carbocycles. The van der Waals surface area contributed by atoms with Crippen molar-refractivity contribution in [2.75, 3.05) is 29.3 Å². The van der Waals surface area contributed by atoms with Crippen LogP contribution in [0, 0.1) is 5.92 Å². The second-order valence-electron chi connectivity index (χ2n) is 7.51. The number of carbonyl (C=O) groups is 1. The van der Waals surface area contributed by atoms with Crippen molar-refractivity contribution in [1.29, 1.82) is 0 Å². The molecule has 1 fully saturated rings. The Balaban J connectivity index is 1.31. The number of hydrogen-bond acceptors (Lipinski definition) is 5. The van der Waals surface area contributed by atoms with Crippen LogP contribution in [0.5, 0.6) is 0 Å². The number of amides is 1. The molecule has 7 nitrogen and oxygen atoms in total. The van der Waals surface area contributed by atoms with Crippen molar-refractivity contribution in [3.63, 3.8) is 0 Å². The summed E-state index contributed by atoms with van der Waals surface area (Å²) in [5, 5.41) is 2.97. The Morgan fingerprint density at radius 3 is 2.42 bits per heavy atom. The van der Waals surface area contributed by atoms with Gasteiger partial charge in [0.05, 0.1) is 10.6 Å². The van der Waals surface area contributed by atoms with E-state index in [-0.39, 0.29) is 10.8 Å². The summed E-state index contributed by atoms with van der Waals surface area (Å²) >= 11 is 0. The molecule has 2 aromatic carbocycles. The number of nitrogens with one attached hydrogen (secondary N) is 2. The van der Waals surface area contributed by atoms with Gasteiger partial charge in [-0.2, -0.15) is 0 Å². The number of rotatable bonds is 7. The van der Waals surface area contributed by atoms with Crippen LogP contribution in [0.1, 0.15) is 16.8 Å². The molecule has 1 saturated heterocycles. The highest BCUT2D eigenvalue weighted by molar-refractivity contribution is 7.92. The molecule has 0 bridgehead atoms. The maximum absolute atomic E-state index is 12.5. The fourth-order valence-electron chi connectivity index (χ4n) is 3.63. The molecule has 1 aliphatic rings. The van der Waals surface area contributed by atoms with Crippen LogP contribution >= 0.6 is 0 Å². The number of sulfonamides is 1. The van der Waals surface area contributed by atoms with E-state index in [1.807, 2.05) is 18.2 Å². The van der Waals surface area contributed by atoms with E-state index < -0.39 is 10.0 Å². The Hall–Kier alpha value is -3.39. The van der Waals surface area contributed by atoms with E-state index in [0.717, 1.165) is 19.5 Å². The fraction of sp³-hybridized carbons (Fsp3) is 0.217. The molecule has 0 spiro atoms. The molecule has 2 heterocycles. The molecular formula is C23H24N4O3S. The molecule has 8 heteroatoms. The highest BCUT2D eigenvalue weighted by Gasteiger charge is 2.23. The number of para-hydroxylation sites is 1. The second kappa shape index (κ2) is 9.18. The Bertz CT molecular complexity index is 1120. The van der Waals surface area contributed by atoms with Crippen LogP contribution in [-0.2, 0) is 10.0 Å². The first-order chi connectivity index (χ1) is 15.0. The van der Waals surface area contributed by atoms with Crippen LogP contribution in [0.4, 0.5) is 11.4 Å². The first-order valence-electron chi connectivity index (χ1n) is 10.1. The minimum atomic E-state index is -3.73. The Morgan fingerprint density at radius 1 is 1.00 bits per heavy atom. The zero-order valence-corrected chi connectivity index (χ0v) is 17.8. The summed E-state index contributed by atoms with van der Waals surface area (Å²) in [7, 11) is -3.73. The minimum absolute atomic E-state index is 0.0927. The lowest BCUT2D eigenvalue weighted by atomic mass is 10.1. The first-order valence-corrected chi connectivity index (χ1v) is 11.6. The normalized spacial score (nSPS) is 16.1. The number of hydrogen-bond donors (Lipinski definition) is 2. The maximum atomic E-state index is 12.5. The van der Waals surface area contributed by atoms with Gasteiger partial charge in [0, 0.05) is 43.3 Å². The number of anilines is 2. The quantitative estimate of drug-likeness (QED) is 0.594. The van der Waals surface area contributed by atoms with E-state index in [1.54, 1.807) is 12.1 Å². The average Bonchev–Trinajstić information content (AvgIpc) is 3.28. The van der Waals surface area contributed by atoms with Crippen LogP contribution in [0.3, 0.4) is 0 Å². The van der Waals surface area contributed by atoms with Gasteiger partial charge in [0.25, 0.3) is 15.9 Å². The zero-order valence-electron chi connectivity index (χ0n) is 16.9. The van der Waals surface area contributed by atoms with Crippen LogP contribution < -0.4 is 14.9 Å². The largest absolute Gasteiger partial charge is 0.371 e. The summed E-state index contributed by atoms with van der Waals surface area (Å²) in [6.07, 6.45) is 4.04. The van der Waals surface area contributed by atoms with Crippen LogP contribution in [0.2, 0.25) is 0 Å². The van der Waals surface area contributed by atoms with Gasteiger partial charge in [0.1, 0.15) is 0 Å². The standard InChI is InChI=1S/C23H24N4O3S/c28-23(25-16-18-12-15-27(17-18)21-4-2-1-3-5-21)19-6-8-22(9-7-19)31(29,30)26-20-10-13-24-14-11-20/h1-11,13-14,18H,12,15-17H2,(H,24,26)(H,25,28)/t18-/m0/s1. The van der Waals surface area contributed by atoms with Gasteiger partial charge in [0.15, 0.2) is 0 Å². The smallest absolute Gasteiger partial charge is 0.261 e. The van der Waals surface area contributed by atoms with Crippen molar-refractivity contribution in [3.05, 3.63) is 84.7 Å². The van der Waals surface area contributed by atoms with E-state index in [9.17, 15) is 13.2 Å². The highest BCUT2D eigenvalue weighted by Crippen LogP contribution is 2.23. The van der Waals surface area contributed by atoms with Crippen molar-refractivity contribution in [2.24, 2.45) is 5.92 Å². The minimum Gasteiger partial charge on any atom is -0.371 e. The molecular weight excluding hydrogens is 412 g/mol. The van der Waals surface area contributed by atoms with E-state index in [4.69, 9.17) is 0 Å². The summed E-state index contributed by atoms with van der Waals surface area (Å²) in [5.41, 5.74) is 2.06. The number of pyridine rings is 1. The number of nitrogens with zero attached hydrogens (tertiary/aromatic N) is 2. The van der Waals surface area contributed by atoms with Crippen molar-refractivity contribution in [3.8, 4) is 0 Å². The summed E-state index contributed by atoms with van der Waals surface area (Å²) in [4.78, 5) is 18.8. The predicted molar refractivity (Wildman–Crippen MR) is 121 cm³/mol. The molecule has 1 aromatic heterocycles. The third-order valence-electron chi connectivity index (χ3n) is 5.32. The van der Waals surface area contributed by atoms with E-state index in [0.29, 0.717) is 23.7 Å². The monoisotopic (exact) mass is 436 g/mol. The fourth-order valence-corrected chi connectivity index (χ4v) is 4.69. The van der Waals surface area contributed by atoms with E-state index in [2.05, 4.69) is 32.1 Å². The number of aromatic nitrogens is 1. The van der Waals surface area contributed by atoms with Crippen LogP contribution in [-0.4, -0.2) is 38.9 Å². The zero-order chi connectivity index (χ0) is 21.7. The van der Waals surface area contributed by atoms with Crippen molar-refractivity contribution >= 4 is 27.3 Å². The molecule has 4 rings (SSSR count). The van der Waals surface area contributed by atoms with Gasteiger partial charge in [-0.25, -0.2) is 8.42 Å². The van der Waals surface area contributed by atoms with Crippen molar-refractivity contribution in [2.45, 2.75) is 11.3 Å². The molecule has 3 aromatic rings. The highest BCUT2D eigenvalue weighted by atomic mass is 32.2. The Kier molecular flexibility index (Phi) is 6.18. The maximum Gasteiger partial charge on any atom is 0.261 e. The first kappa shape index (κ1) is 20.9. The molecule has 1 aliphatic heterocycles. The van der Waals surface area contributed by atoms with Crippen LogP contribution in [0.15, 0.2) is 84.0 Å². The lowest BCUT2D eigenvalue weighted by Crippen LogP contribution is -2.31. The van der Waals surface area contributed by atoms with Crippen molar-refractivity contribution < 1.29 is 13.2 Å². The van der Waals surface area contributed by atoms with E-state index in [1.165, 1.54) is 42.3 Å². The van der Waals surface area contributed by atoms with Gasteiger partial charge < -0.3 is 10.2 Å². The molecule has 0 aliphatic carbocycles. The third-order valence-corrected chi connectivity index (χ3v) is 6.72. The summed E-state index contributed by atoms with van der Waals surface area (Å²) < 4.78 is 27.5. The van der Waals surface area contributed by atoms with Gasteiger partial charge in [-0.05, 0) is 60.9 Å². The molecule has 160 valence electrons. The van der Waals surface area contributed by atoms with Gasteiger partial charge in [-0.3, -0.25) is 14.5 Å². The molecule has 31 heavy (non-hydrogen) atoms. The predicted octanol–water partition coefficient (Wildman–Crippen LogP) is 3.14. The summed E-state index contributed by atoms with van der Waals surface area (Å²) in [6.45, 7) is 2.47. The molecule has 1 atom stereocenters. The lowest BCUT2D eigenvalue weighted by Gasteiger charge is -2.18. The van der Waals surface area contributed by atoms with Gasteiger partial charge in [-0.15, -0.1) is 0 Å². The second-order valence-corrected chi connectivity index (χ2v) is 9.19. The SMILES string of the molecule is O=C(NC[C@@H]1CCN(c2ccccc2)C1)c1ccc(S(=O)(=O)Nc2ccncc2)cc1. The van der Waals surface area contributed by atoms with E-state index >= 15 is 0 Å². The lowest BCUT2D eigenvalue weighted by molar-refractivity contribution is 0.0948. The number of benzene rings is 2. The molecule has 2 N–H and O–H groups in total. The van der Waals surface area contributed by atoms with Gasteiger partial charge in [0.2, 0.25) is 0 Å². The topological polar surface area (TPSA) is 91.4 Å². The number of carbonyl (C=O) groups excluding carboxylic acids is 1.